The summed E-state index contributed by atoms with van der Waals surface area (Å²) in [6.45, 7) is 0. The smallest absolute Gasteiger partial charge is 0.193 e. The predicted octanol–water partition coefficient (Wildman–Crippen LogP) is 2.84. The van der Waals surface area contributed by atoms with Crippen LogP contribution in [-0.4, -0.2) is 29.4 Å². The summed E-state index contributed by atoms with van der Waals surface area (Å²) in [6.07, 6.45) is 4.05. The number of methoxy groups -OCH3 is 2. The molecule has 0 aliphatic rings. The van der Waals surface area contributed by atoms with E-state index in [1.54, 1.807) is 36.6 Å². The molecule has 0 saturated heterocycles. The maximum atomic E-state index is 12.4. The van der Waals surface area contributed by atoms with Crippen LogP contribution in [0.1, 0.15) is 16.1 Å². The molecule has 2 heterocycles. The number of hydrogen-bond acceptors (Lipinski definition) is 5. The zero-order valence-corrected chi connectivity index (χ0v) is 12.5. The molecule has 3 rings (SSSR count). The first-order valence-electron chi connectivity index (χ1n) is 6.37. The molecule has 5 nitrogen and oxygen atoms in total. The van der Waals surface area contributed by atoms with Crippen molar-refractivity contribution in [1.82, 2.24) is 9.38 Å². The summed E-state index contributed by atoms with van der Waals surface area (Å²) < 4.78 is 12.3. The van der Waals surface area contributed by atoms with Crippen LogP contribution < -0.4 is 9.47 Å². The van der Waals surface area contributed by atoms with Crippen molar-refractivity contribution in [2.45, 2.75) is 6.42 Å². The van der Waals surface area contributed by atoms with E-state index >= 15 is 0 Å². The fourth-order valence-corrected chi connectivity index (χ4v) is 2.87. The normalized spacial score (nSPS) is 10.8. The molecule has 0 aliphatic carbocycles. The Balaban J connectivity index is 1.86. The molecule has 0 unspecified atom stereocenters. The zero-order chi connectivity index (χ0) is 14.8. The fourth-order valence-electron chi connectivity index (χ4n) is 2.15. The number of Topliss-reactive ketones (excluding diaryl/α,β-unsaturated/α-hetero) is 1. The van der Waals surface area contributed by atoms with Gasteiger partial charge in [-0.05, 0) is 12.1 Å². The minimum absolute atomic E-state index is 0.0275. The quantitative estimate of drug-likeness (QED) is 0.680. The van der Waals surface area contributed by atoms with Gasteiger partial charge in [0, 0.05) is 23.8 Å². The van der Waals surface area contributed by atoms with Crippen molar-refractivity contribution in [2.75, 3.05) is 14.2 Å². The van der Waals surface area contributed by atoms with Gasteiger partial charge in [0.05, 0.1) is 31.9 Å². The lowest BCUT2D eigenvalue weighted by Gasteiger charge is -2.08. The minimum Gasteiger partial charge on any atom is -0.497 e. The van der Waals surface area contributed by atoms with Crippen LogP contribution in [0.4, 0.5) is 0 Å². The van der Waals surface area contributed by atoms with Crippen molar-refractivity contribution < 1.29 is 14.3 Å². The first-order chi connectivity index (χ1) is 10.2. The summed E-state index contributed by atoms with van der Waals surface area (Å²) in [7, 11) is 3.12. The molecule has 0 fully saturated rings. The molecule has 0 spiro atoms. The van der Waals surface area contributed by atoms with Gasteiger partial charge in [-0.3, -0.25) is 9.20 Å². The molecule has 21 heavy (non-hydrogen) atoms. The molecule has 0 radical (unpaired) electrons. The number of imidazole rings is 1. The van der Waals surface area contributed by atoms with E-state index in [1.165, 1.54) is 7.11 Å². The molecule has 3 aromatic rings. The van der Waals surface area contributed by atoms with Crippen molar-refractivity contribution in [3.05, 3.63) is 47.2 Å². The molecule has 0 bridgehead atoms. The highest BCUT2D eigenvalue weighted by Crippen LogP contribution is 2.26. The summed E-state index contributed by atoms with van der Waals surface area (Å²) >= 11 is 1.54. The molecular weight excluding hydrogens is 288 g/mol. The third kappa shape index (κ3) is 2.62. The number of fused-ring (bicyclic) bond motifs is 1. The average Bonchev–Trinajstić information content (AvgIpc) is 3.07. The van der Waals surface area contributed by atoms with E-state index in [0.717, 1.165) is 10.7 Å². The molecule has 6 heteroatoms. The van der Waals surface area contributed by atoms with Gasteiger partial charge in [0.1, 0.15) is 11.5 Å². The Hall–Kier alpha value is -2.34. The number of nitrogens with zero attached hydrogens (tertiary/aromatic N) is 2. The molecule has 0 atom stereocenters. The van der Waals surface area contributed by atoms with Gasteiger partial charge in [-0.2, -0.15) is 0 Å². The second-order valence-electron chi connectivity index (χ2n) is 4.49. The first-order valence-corrected chi connectivity index (χ1v) is 7.25. The van der Waals surface area contributed by atoms with Gasteiger partial charge in [-0.25, -0.2) is 4.98 Å². The topological polar surface area (TPSA) is 52.8 Å². The van der Waals surface area contributed by atoms with Gasteiger partial charge in [-0.1, -0.05) is 0 Å². The van der Waals surface area contributed by atoms with Crippen LogP contribution in [0.2, 0.25) is 0 Å². The van der Waals surface area contributed by atoms with E-state index in [1.807, 2.05) is 22.2 Å². The van der Waals surface area contributed by atoms with E-state index < -0.39 is 0 Å². The second kappa shape index (κ2) is 5.57. The first kappa shape index (κ1) is 13.6. The number of thiazole rings is 1. The Morgan fingerprint density at radius 1 is 1.33 bits per heavy atom. The third-order valence-corrected chi connectivity index (χ3v) is 3.96. The van der Waals surface area contributed by atoms with Crippen molar-refractivity contribution >= 4 is 22.1 Å². The predicted molar refractivity (Wildman–Crippen MR) is 80.6 cm³/mol. The van der Waals surface area contributed by atoms with Crippen LogP contribution in [0.5, 0.6) is 11.5 Å². The Labute approximate surface area is 125 Å². The minimum atomic E-state index is -0.0275. The zero-order valence-electron chi connectivity index (χ0n) is 11.7. The van der Waals surface area contributed by atoms with E-state index in [0.29, 0.717) is 17.1 Å². The third-order valence-electron chi connectivity index (χ3n) is 3.19. The number of carbonyl (C=O) groups excluding carboxylic acids is 1. The number of benzene rings is 1. The Bertz CT molecular complexity index is 763. The van der Waals surface area contributed by atoms with Crippen LogP contribution in [-0.2, 0) is 6.42 Å². The number of hydrogen-bond donors (Lipinski definition) is 0. The highest BCUT2D eigenvalue weighted by Gasteiger charge is 2.15. The lowest BCUT2D eigenvalue weighted by Crippen LogP contribution is -2.06. The lowest BCUT2D eigenvalue weighted by molar-refractivity contribution is 0.0989. The summed E-state index contributed by atoms with van der Waals surface area (Å²) in [5, 5.41) is 1.96. The van der Waals surface area contributed by atoms with Gasteiger partial charge in [0.2, 0.25) is 0 Å². The van der Waals surface area contributed by atoms with Crippen LogP contribution in [0.25, 0.3) is 4.96 Å². The van der Waals surface area contributed by atoms with Gasteiger partial charge >= 0.3 is 0 Å². The van der Waals surface area contributed by atoms with Crippen LogP contribution in [0.3, 0.4) is 0 Å². The van der Waals surface area contributed by atoms with E-state index in [2.05, 4.69) is 4.98 Å². The number of rotatable bonds is 5. The van der Waals surface area contributed by atoms with Crippen molar-refractivity contribution in [3.8, 4) is 11.5 Å². The Morgan fingerprint density at radius 2 is 2.19 bits per heavy atom. The highest BCUT2D eigenvalue weighted by molar-refractivity contribution is 7.15. The van der Waals surface area contributed by atoms with Crippen molar-refractivity contribution in [3.63, 3.8) is 0 Å². The molecule has 0 saturated carbocycles. The molecule has 108 valence electrons. The van der Waals surface area contributed by atoms with Gasteiger partial charge < -0.3 is 9.47 Å². The summed E-state index contributed by atoms with van der Waals surface area (Å²) in [6, 6.07) is 5.18. The summed E-state index contributed by atoms with van der Waals surface area (Å²) in [4.78, 5) is 17.7. The Morgan fingerprint density at radius 3 is 2.90 bits per heavy atom. The van der Waals surface area contributed by atoms with E-state index in [-0.39, 0.29) is 12.2 Å². The van der Waals surface area contributed by atoms with E-state index in [4.69, 9.17) is 9.47 Å². The summed E-state index contributed by atoms with van der Waals surface area (Å²) in [5.41, 5.74) is 1.29. The number of ketones is 1. The number of ether oxygens (including phenoxy) is 2. The van der Waals surface area contributed by atoms with Crippen molar-refractivity contribution in [2.24, 2.45) is 0 Å². The molecular formula is C15H14N2O3S. The summed E-state index contributed by atoms with van der Waals surface area (Å²) in [5.74, 6) is 1.14. The lowest BCUT2D eigenvalue weighted by atomic mass is 10.1. The molecule has 1 aromatic carbocycles. The Kier molecular flexibility index (Phi) is 3.62. The molecule has 2 aromatic heterocycles. The molecule has 0 amide bonds. The van der Waals surface area contributed by atoms with Crippen LogP contribution >= 0.6 is 11.3 Å². The molecule has 0 N–H and O–H groups in total. The largest absolute Gasteiger partial charge is 0.497 e. The fraction of sp³-hybridized carbons (Fsp3) is 0.200. The maximum absolute atomic E-state index is 12.4. The molecule has 0 aliphatic heterocycles. The number of aromatic nitrogens is 2. The van der Waals surface area contributed by atoms with Gasteiger partial charge in [-0.15, -0.1) is 11.3 Å². The van der Waals surface area contributed by atoms with Gasteiger partial charge in [0.15, 0.2) is 10.7 Å². The highest BCUT2D eigenvalue weighted by atomic mass is 32.1. The standard InChI is InChI=1S/C15H14N2O3S/c1-19-11-3-4-12(14(8-11)20-2)13(18)7-10-9-17-5-6-21-15(17)16-10/h3-6,8-9H,7H2,1-2H3. The number of carbonyl (C=O) groups is 1. The van der Waals surface area contributed by atoms with Crippen LogP contribution in [0, 0.1) is 0 Å². The SMILES string of the molecule is COc1ccc(C(=O)Cc2cn3ccsc3n2)c(OC)c1. The average molecular weight is 302 g/mol. The maximum Gasteiger partial charge on any atom is 0.193 e. The van der Waals surface area contributed by atoms with Crippen LogP contribution in [0.15, 0.2) is 36.0 Å². The van der Waals surface area contributed by atoms with Gasteiger partial charge in [0.25, 0.3) is 0 Å². The second-order valence-corrected chi connectivity index (χ2v) is 5.36. The van der Waals surface area contributed by atoms with Crippen molar-refractivity contribution in [1.29, 1.82) is 0 Å². The monoisotopic (exact) mass is 302 g/mol. The van der Waals surface area contributed by atoms with E-state index in [9.17, 15) is 4.79 Å².